The van der Waals surface area contributed by atoms with Gasteiger partial charge in [-0.3, -0.25) is 4.79 Å². The van der Waals surface area contributed by atoms with Gasteiger partial charge in [-0.25, -0.2) is 0 Å². The molecule has 122 valence electrons. The van der Waals surface area contributed by atoms with Gasteiger partial charge in [-0.05, 0) is 43.9 Å². The van der Waals surface area contributed by atoms with Crippen LogP contribution in [0.1, 0.15) is 32.3 Å². The Morgan fingerprint density at radius 2 is 2.09 bits per heavy atom. The Bertz CT molecular complexity index is 667. The quantitative estimate of drug-likeness (QED) is 0.748. The van der Waals surface area contributed by atoms with E-state index in [1.54, 1.807) is 0 Å². The van der Waals surface area contributed by atoms with Gasteiger partial charge in [0.15, 0.2) is 4.34 Å². The normalized spacial score (nSPS) is 15.2. The Morgan fingerprint density at radius 1 is 1.35 bits per heavy atom. The van der Waals surface area contributed by atoms with Crippen LogP contribution in [0.4, 0.5) is 10.8 Å². The first-order valence-corrected chi connectivity index (χ1v) is 9.50. The minimum Gasteiger partial charge on any atom is -0.352 e. The molecule has 0 bridgehead atoms. The molecule has 0 unspecified atom stereocenters. The predicted molar refractivity (Wildman–Crippen MR) is 95.5 cm³/mol. The number of thioether (sulfide) groups is 1. The SMILES string of the molecule is CCc1ccc(Nc2nnc(S[C@@H](C)C(=O)NC3CC3)s2)cc1. The molecule has 0 spiro atoms. The summed E-state index contributed by atoms with van der Waals surface area (Å²) >= 11 is 2.92. The van der Waals surface area contributed by atoms with Gasteiger partial charge >= 0.3 is 0 Å². The largest absolute Gasteiger partial charge is 0.352 e. The van der Waals surface area contributed by atoms with Crippen molar-refractivity contribution in [3.8, 4) is 0 Å². The molecule has 2 aromatic rings. The maximum atomic E-state index is 12.0. The molecule has 1 aromatic heterocycles. The molecule has 1 heterocycles. The number of hydrogen-bond acceptors (Lipinski definition) is 6. The molecule has 1 aliphatic carbocycles. The van der Waals surface area contributed by atoms with Crippen LogP contribution in [0.3, 0.4) is 0 Å². The molecule has 0 radical (unpaired) electrons. The number of anilines is 2. The van der Waals surface area contributed by atoms with Crippen LogP contribution in [0.5, 0.6) is 0 Å². The lowest BCUT2D eigenvalue weighted by molar-refractivity contribution is -0.120. The van der Waals surface area contributed by atoms with E-state index in [0.29, 0.717) is 6.04 Å². The first-order chi connectivity index (χ1) is 11.1. The maximum absolute atomic E-state index is 12.0. The third-order valence-corrected chi connectivity index (χ3v) is 5.61. The monoisotopic (exact) mass is 348 g/mol. The number of hydrogen-bond donors (Lipinski definition) is 2. The average Bonchev–Trinajstić information content (AvgIpc) is 3.26. The Balaban J connectivity index is 1.55. The Kier molecular flexibility index (Phi) is 5.17. The molecular formula is C16H20N4OS2. The van der Waals surface area contributed by atoms with Crippen LogP contribution in [0, 0.1) is 0 Å². The highest BCUT2D eigenvalue weighted by Crippen LogP contribution is 2.31. The highest BCUT2D eigenvalue weighted by atomic mass is 32.2. The zero-order valence-electron chi connectivity index (χ0n) is 13.2. The molecule has 1 amide bonds. The zero-order chi connectivity index (χ0) is 16.2. The van der Waals surface area contributed by atoms with E-state index in [-0.39, 0.29) is 11.2 Å². The van der Waals surface area contributed by atoms with Gasteiger partial charge in [-0.1, -0.05) is 42.2 Å². The summed E-state index contributed by atoms with van der Waals surface area (Å²) in [5, 5.41) is 15.2. The Hall–Kier alpha value is -1.60. The molecule has 0 saturated heterocycles. The summed E-state index contributed by atoms with van der Waals surface area (Å²) in [5.41, 5.74) is 2.30. The summed E-state index contributed by atoms with van der Waals surface area (Å²) in [6.07, 6.45) is 3.24. The maximum Gasteiger partial charge on any atom is 0.233 e. The lowest BCUT2D eigenvalue weighted by atomic mass is 10.1. The van der Waals surface area contributed by atoms with Crippen molar-refractivity contribution in [3.05, 3.63) is 29.8 Å². The molecule has 1 fully saturated rings. The lowest BCUT2D eigenvalue weighted by Gasteiger charge is -2.08. The average molecular weight is 348 g/mol. The molecule has 5 nitrogen and oxygen atoms in total. The van der Waals surface area contributed by atoms with E-state index in [2.05, 4.69) is 39.9 Å². The van der Waals surface area contributed by atoms with Crippen LogP contribution >= 0.6 is 23.1 Å². The fourth-order valence-corrected chi connectivity index (χ4v) is 3.93. The number of rotatable bonds is 7. The zero-order valence-corrected chi connectivity index (χ0v) is 14.8. The number of carbonyl (C=O) groups is 1. The van der Waals surface area contributed by atoms with Gasteiger partial charge in [0.2, 0.25) is 11.0 Å². The van der Waals surface area contributed by atoms with Crippen LogP contribution in [0.15, 0.2) is 28.6 Å². The van der Waals surface area contributed by atoms with Gasteiger partial charge in [-0.15, -0.1) is 10.2 Å². The second-order valence-corrected chi connectivity index (χ2v) is 8.16. The van der Waals surface area contributed by atoms with Crippen molar-refractivity contribution in [2.24, 2.45) is 0 Å². The number of amides is 1. The number of carbonyl (C=O) groups excluding carboxylic acids is 1. The molecule has 0 aliphatic heterocycles. The van der Waals surface area contributed by atoms with Crippen LogP contribution < -0.4 is 10.6 Å². The summed E-state index contributed by atoms with van der Waals surface area (Å²) in [6.45, 7) is 4.04. The Morgan fingerprint density at radius 3 is 2.74 bits per heavy atom. The van der Waals surface area contributed by atoms with Gasteiger partial charge in [0, 0.05) is 11.7 Å². The van der Waals surface area contributed by atoms with E-state index in [0.717, 1.165) is 34.4 Å². The van der Waals surface area contributed by atoms with E-state index in [1.807, 2.05) is 19.1 Å². The molecule has 1 saturated carbocycles. The molecule has 7 heteroatoms. The summed E-state index contributed by atoms with van der Waals surface area (Å²) in [4.78, 5) is 12.0. The van der Waals surface area contributed by atoms with Crippen molar-refractivity contribution in [1.29, 1.82) is 0 Å². The van der Waals surface area contributed by atoms with E-state index < -0.39 is 0 Å². The number of aromatic nitrogens is 2. The van der Waals surface area contributed by atoms with Crippen LogP contribution in [-0.2, 0) is 11.2 Å². The minimum atomic E-state index is -0.153. The number of benzene rings is 1. The Labute approximate surface area is 144 Å². The predicted octanol–water partition coefficient (Wildman–Crippen LogP) is 3.60. The lowest BCUT2D eigenvalue weighted by Crippen LogP contribution is -2.32. The van der Waals surface area contributed by atoms with E-state index in [1.165, 1.54) is 28.7 Å². The highest BCUT2D eigenvalue weighted by Gasteiger charge is 2.26. The first kappa shape index (κ1) is 16.3. The number of nitrogens with zero attached hydrogens (tertiary/aromatic N) is 2. The van der Waals surface area contributed by atoms with E-state index in [9.17, 15) is 4.79 Å². The summed E-state index contributed by atoms with van der Waals surface area (Å²) in [7, 11) is 0. The van der Waals surface area contributed by atoms with Gasteiger partial charge in [0.1, 0.15) is 0 Å². The van der Waals surface area contributed by atoms with Crippen molar-refractivity contribution in [2.45, 2.75) is 48.7 Å². The summed E-state index contributed by atoms with van der Waals surface area (Å²) < 4.78 is 0.802. The van der Waals surface area contributed by atoms with Crippen LogP contribution in [0.2, 0.25) is 0 Å². The smallest absolute Gasteiger partial charge is 0.233 e. The van der Waals surface area contributed by atoms with Crippen molar-refractivity contribution in [3.63, 3.8) is 0 Å². The number of nitrogens with one attached hydrogen (secondary N) is 2. The third kappa shape index (κ3) is 4.68. The minimum absolute atomic E-state index is 0.0809. The topological polar surface area (TPSA) is 66.9 Å². The molecular weight excluding hydrogens is 328 g/mol. The van der Waals surface area contributed by atoms with Crippen LogP contribution in [-0.4, -0.2) is 27.4 Å². The molecule has 1 aliphatic rings. The fraction of sp³-hybridized carbons (Fsp3) is 0.438. The first-order valence-electron chi connectivity index (χ1n) is 7.80. The van der Waals surface area contributed by atoms with Crippen molar-refractivity contribution in [2.75, 3.05) is 5.32 Å². The fourth-order valence-electron chi connectivity index (χ4n) is 2.01. The van der Waals surface area contributed by atoms with Crippen molar-refractivity contribution in [1.82, 2.24) is 15.5 Å². The molecule has 2 N–H and O–H groups in total. The van der Waals surface area contributed by atoms with Gasteiger partial charge in [0.25, 0.3) is 0 Å². The van der Waals surface area contributed by atoms with Gasteiger partial charge in [-0.2, -0.15) is 0 Å². The van der Waals surface area contributed by atoms with Crippen LogP contribution in [0.25, 0.3) is 0 Å². The highest BCUT2D eigenvalue weighted by molar-refractivity contribution is 8.02. The summed E-state index contributed by atoms with van der Waals surface area (Å²) in [6, 6.07) is 8.67. The van der Waals surface area contributed by atoms with Crippen molar-refractivity contribution >= 4 is 39.8 Å². The molecule has 3 rings (SSSR count). The van der Waals surface area contributed by atoms with Gasteiger partial charge in [0.05, 0.1) is 5.25 Å². The van der Waals surface area contributed by atoms with Crippen molar-refractivity contribution < 1.29 is 4.79 Å². The standard InChI is InChI=1S/C16H20N4OS2/c1-3-11-4-6-13(7-5-11)18-15-19-20-16(23-15)22-10(2)14(21)17-12-8-9-12/h4-7,10,12H,3,8-9H2,1-2H3,(H,17,21)(H,18,19)/t10-/m0/s1. The van der Waals surface area contributed by atoms with E-state index in [4.69, 9.17) is 0 Å². The van der Waals surface area contributed by atoms with E-state index >= 15 is 0 Å². The molecule has 23 heavy (non-hydrogen) atoms. The number of aryl methyl sites for hydroxylation is 1. The second-order valence-electron chi connectivity index (χ2n) is 5.59. The summed E-state index contributed by atoms with van der Waals surface area (Å²) in [5.74, 6) is 0.0809. The molecule has 1 atom stereocenters. The third-order valence-electron chi connectivity index (χ3n) is 3.59. The molecule has 1 aromatic carbocycles. The van der Waals surface area contributed by atoms with Gasteiger partial charge < -0.3 is 10.6 Å². The second kappa shape index (κ2) is 7.31.